The van der Waals surface area contributed by atoms with E-state index in [1.54, 1.807) is 0 Å². The summed E-state index contributed by atoms with van der Waals surface area (Å²) >= 11 is 0. The quantitative estimate of drug-likeness (QED) is 0.894. The molecule has 0 bridgehead atoms. The summed E-state index contributed by atoms with van der Waals surface area (Å²) < 4.78 is 0. The van der Waals surface area contributed by atoms with Gasteiger partial charge in [0.05, 0.1) is 11.6 Å². The van der Waals surface area contributed by atoms with Crippen LogP contribution in [0.3, 0.4) is 0 Å². The van der Waals surface area contributed by atoms with Crippen LogP contribution in [0.15, 0.2) is 24.5 Å². The Hall–Kier alpha value is -1.01. The van der Waals surface area contributed by atoms with E-state index in [1.165, 1.54) is 12.1 Å². The minimum atomic E-state index is -0.141. The molecule has 1 spiro atoms. The topological polar surface area (TPSA) is 42.8 Å². The molecular weight excluding hydrogens is 300 g/mol. The Morgan fingerprint density at radius 3 is 2.75 bits per heavy atom. The van der Waals surface area contributed by atoms with Crippen LogP contribution in [0.25, 0.3) is 0 Å². The minimum absolute atomic E-state index is 0.141. The van der Waals surface area contributed by atoms with Gasteiger partial charge in [0.25, 0.3) is 0 Å². The predicted molar refractivity (Wildman–Crippen MR) is 94.6 cm³/mol. The predicted octanol–water partition coefficient (Wildman–Crippen LogP) is 1.04. The summed E-state index contributed by atoms with van der Waals surface area (Å²) in [5, 5.41) is 10.2. The average molecular weight is 330 g/mol. The zero-order chi connectivity index (χ0) is 16.7. The van der Waals surface area contributed by atoms with Crippen molar-refractivity contribution in [2.45, 2.75) is 44.5 Å². The molecule has 5 nitrogen and oxygen atoms in total. The monoisotopic (exact) mass is 330 g/mol. The van der Waals surface area contributed by atoms with Crippen LogP contribution < -0.4 is 0 Å². The van der Waals surface area contributed by atoms with E-state index in [0.29, 0.717) is 12.0 Å². The second kappa shape index (κ2) is 6.37. The third-order valence-corrected chi connectivity index (χ3v) is 5.78. The molecule has 0 saturated carbocycles. The van der Waals surface area contributed by atoms with Gasteiger partial charge in [0.15, 0.2) is 0 Å². The van der Waals surface area contributed by atoms with Gasteiger partial charge < -0.3 is 5.11 Å². The Labute approximate surface area is 145 Å². The van der Waals surface area contributed by atoms with Gasteiger partial charge in [-0.25, -0.2) is 0 Å². The second-order valence-corrected chi connectivity index (χ2v) is 8.51. The Kier molecular flexibility index (Phi) is 4.37. The normalized spacial score (nSPS) is 30.7. The summed E-state index contributed by atoms with van der Waals surface area (Å²) in [5.41, 5.74) is 1.54. The van der Waals surface area contributed by atoms with Gasteiger partial charge in [0.2, 0.25) is 0 Å². The number of hydrogen-bond donors (Lipinski definition) is 1. The highest BCUT2D eigenvalue weighted by atomic mass is 16.3. The number of aromatic nitrogens is 1. The molecule has 0 radical (unpaired) electrons. The molecule has 1 N–H and O–H groups in total. The van der Waals surface area contributed by atoms with E-state index in [9.17, 15) is 5.11 Å². The first kappa shape index (κ1) is 16.5. The molecule has 4 rings (SSSR count). The standard InChI is InChI=1S/C19H30N4O/c1-15(2)8-21-10-17-6-18(24)11-23(17)19(12-21)13-22(14-19)9-16-4-3-5-20-7-16/h3-5,7,15,17-18,24H,6,8-14H2,1-2H3/t17-,18+/m0/s1. The van der Waals surface area contributed by atoms with E-state index in [-0.39, 0.29) is 11.6 Å². The molecule has 2 atom stereocenters. The number of pyridine rings is 1. The molecule has 5 heteroatoms. The van der Waals surface area contributed by atoms with Crippen molar-refractivity contribution in [3.8, 4) is 0 Å². The molecule has 132 valence electrons. The maximum absolute atomic E-state index is 10.2. The summed E-state index contributed by atoms with van der Waals surface area (Å²) in [5.74, 6) is 0.700. The van der Waals surface area contributed by atoms with Gasteiger partial charge in [-0.05, 0) is 24.0 Å². The van der Waals surface area contributed by atoms with Gasteiger partial charge in [-0.15, -0.1) is 0 Å². The molecule has 0 unspecified atom stereocenters. The number of aliphatic hydroxyl groups excluding tert-OH is 1. The lowest BCUT2D eigenvalue weighted by Gasteiger charge is -2.61. The van der Waals surface area contributed by atoms with Gasteiger partial charge in [-0.3, -0.25) is 19.7 Å². The number of aliphatic hydroxyl groups is 1. The van der Waals surface area contributed by atoms with Crippen LogP contribution in [0, 0.1) is 5.92 Å². The lowest BCUT2D eigenvalue weighted by molar-refractivity contribution is -0.117. The van der Waals surface area contributed by atoms with Crippen LogP contribution in [0.5, 0.6) is 0 Å². The lowest BCUT2D eigenvalue weighted by Crippen LogP contribution is -2.77. The zero-order valence-electron chi connectivity index (χ0n) is 14.9. The van der Waals surface area contributed by atoms with Crippen molar-refractivity contribution in [2.24, 2.45) is 5.92 Å². The number of rotatable bonds is 4. The van der Waals surface area contributed by atoms with Crippen LogP contribution in [-0.4, -0.2) is 81.7 Å². The van der Waals surface area contributed by atoms with Crippen molar-refractivity contribution in [1.29, 1.82) is 0 Å². The summed E-state index contributed by atoms with van der Waals surface area (Å²) in [7, 11) is 0. The highest BCUT2D eigenvalue weighted by Crippen LogP contribution is 2.39. The largest absolute Gasteiger partial charge is 0.392 e. The first-order valence-electron chi connectivity index (χ1n) is 9.32. The van der Waals surface area contributed by atoms with Crippen LogP contribution in [0.2, 0.25) is 0 Å². The molecule has 3 fully saturated rings. The average Bonchev–Trinajstić information content (AvgIpc) is 2.87. The van der Waals surface area contributed by atoms with Gasteiger partial charge >= 0.3 is 0 Å². The lowest BCUT2D eigenvalue weighted by atomic mass is 9.83. The van der Waals surface area contributed by atoms with E-state index < -0.39 is 0 Å². The summed E-state index contributed by atoms with van der Waals surface area (Å²) in [4.78, 5) is 12.0. The van der Waals surface area contributed by atoms with Crippen LogP contribution in [0.4, 0.5) is 0 Å². The Morgan fingerprint density at radius 1 is 1.25 bits per heavy atom. The number of likely N-dealkylation sites (tertiary alicyclic amines) is 1. The molecule has 3 saturated heterocycles. The van der Waals surface area contributed by atoms with E-state index >= 15 is 0 Å². The summed E-state index contributed by atoms with van der Waals surface area (Å²) in [6, 6.07) is 4.71. The highest BCUT2D eigenvalue weighted by Gasteiger charge is 2.55. The maximum atomic E-state index is 10.2. The number of nitrogens with zero attached hydrogens (tertiary/aromatic N) is 4. The Balaban J connectivity index is 1.44. The Morgan fingerprint density at radius 2 is 2.04 bits per heavy atom. The van der Waals surface area contributed by atoms with E-state index in [4.69, 9.17) is 0 Å². The zero-order valence-corrected chi connectivity index (χ0v) is 14.9. The molecule has 0 amide bonds. The fourth-order valence-electron chi connectivity index (χ4n) is 5.10. The fourth-order valence-corrected chi connectivity index (χ4v) is 5.10. The van der Waals surface area contributed by atoms with Crippen molar-refractivity contribution < 1.29 is 5.11 Å². The van der Waals surface area contributed by atoms with Crippen LogP contribution >= 0.6 is 0 Å². The van der Waals surface area contributed by atoms with Gasteiger partial charge in [0.1, 0.15) is 0 Å². The van der Waals surface area contributed by atoms with Crippen molar-refractivity contribution >= 4 is 0 Å². The molecule has 4 heterocycles. The van der Waals surface area contributed by atoms with Crippen LogP contribution in [0.1, 0.15) is 25.8 Å². The maximum Gasteiger partial charge on any atom is 0.0682 e. The van der Waals surface area contributed by atoms with E-state index in [0.717, 1.165) is 45.7 Å². The van der Waals surface area contributed by atoms with Crippen molar-refractivity contribution in [1.82, 2.24) is 19.7 Å². The number of hydrogen-bond acceptors (Lipinski definition) is 5. The van der Waals surface area contributed by atoms with Crippen LogP contribution in [-0.2, 0) is 6.54 Å². The van der Waals surface area contributed by atoms with Crippen molar-refractivity contribution in [3.05, 3.63) is 30.1 Å². The number of fused-ring (bicyclic) bond motifs is 2. The van der Waals surface area contributed by atoms with Gasteiger partial charge in [0, 0.05) is 64.2 Å². The van der Waals surface area contributed by atoms with Crippen molar-refractivity contribution in [3.63, 3.8) is 0 Å². The number of piperazine rings is 1. The molecule has 1 aromatic heterocycles. The SMILES string of the molecule is CC(C)CN1C[C@@H]2C[C@@H](O)CN2C2(C1)CN(Cc1cccnc1)C2. The minimum Gasteiger partial charge on any atom is -0.392 e. The summed E-state index contributed by atoms with van der Waals surface area (Å²) in [6.07, 6.45) is 4.61. The second-order valence-electron chi connectivity index (χ2n) is 8.51. The molecule has 0 aliphatic carbocycles. The molecular formula is C19H30N4O. The molecule has 3 aliphatic heterocycles. The highest BCUT2D eigenvalue weighted by molar-refractivity contribution is 5.16. The molecule has 24 heavy (non-hydrogen) atoms. The Bertz CT molecular complexity index is 558. The molecule has 0 aromatic carbocycles. The first-order valence-corrected chi connectivity index (χ1v) is 9.32. The van der Waals surface area contributed by atoms with Crippen molar-refractivity contribution in [2.75, 3.05) is 39.3 Å². The number of β-amino-alcohol motifs (C(OH)–C–C–N with tert-alkyl or cyclic N) is 1. The third-order valence-electron chi connectivity index (χ3n) is 5.78. The first-order chi connectivity index (χ1) is 11.5. The van der Waals surface area contributed by atoms with Gasteiger partial charge in [-0.2, -0.15) is 0 Å². The summed E-state index contributed by atoms with van der Waals surface area (Å²) in [6.45, 7) is 12.1. The third kappa shape index (κ3) is 3.10. The van der Waals surface area contributed by atoms with E-state index in [1.807, 2.05) is 18.5 Å². The fraction of sp³-hybridized carbons (Fsp3) is 0.737. The molecule has 3 aliphatic rings. The smallest absolute Gasteiger partial charge is 0.0682 e. The van der Waals surface area contributed by atoms with E-state index in [2.05, 4.69) is 39.6 Å². The molecule has 1 aromatic rings. The van der Waals surface area contributed by atoms with Gasteiger partial charge in [-0.1, -0.05) is 19.9 Å².